The first-order valence-corrected chi connectivity index (χ1v) is 12.4. The monoisotopic (exact) mass is 517 g/mol. The van der Waals surface area contributed by atoms with Crippen molar-refractivity contribution < 1.29 is 28.6 Å². The van der Waals surface area contributed by atoms with Crippen molar-refractivity contribution in [3.05, 3.63) is 78.4 Å². The maximum atomic E-state index is 13.5. The molecule has 0 aliphatic carbocycles. The lowest BCUT2D eigenvalue weighted by Gasteiger charge is -2.22. The highest BCUT2D eigenvalue weighted by Crippen LogP contribution is 2.32. The minimum Gasteiger partial charge on any atom is -0.494 e. The molecule has 4 rings (SSSR count). The molecule has 198 valence electrons. The number of methoxy groups -OCH3 is 2. The Morgan fingerprint density at radius 2 is 1.63 bits per heavy atom. The molecule has 1 aliphatic heterocycles. The number of hydrogen-bond acceptors (Lipinski definition) is 6. The normalized spacial score (nSPS) is 15.0. The molecule has 0 saturated carbocycles. The van der Waals surface area contributed by atoms with Crippen LogP contribution in [-0.4, -0.2) is 49.6 Å². The van der Waals surface area contributed by atoms with E-state index < -0.39 is 18.0 Å². The molecule has 0 aromatic heterocycles. The predicted molar refractivity (Wildman–Crippen MR) is 144 cm³/mol. The number of para-hydroxylation sites is 1. The van der Waals surface area contributed by atoms with E-state index in [1.54, 1.807) is 79.9 Å². The van der Waals surface area contributed by atoms with Crippen molar-refractivity contribution in [2.75, 3.05) is 31.0 Å². The average molecular weight is 518 g/mol. The number of hydrogen-bond donors (Lipinski definition) is 1. The third-order valence-corrected chi connectivity index (χ3v) is 6.12. The molecular weight excluding hydrogens is 486 g/mol. The maximum absolute atomic E-state index is 13.5. The molecule has 0 spiro atoms. The van der Waals surface area contributed by atoms with E-state index in [1.165, 1.54) is 12.0 Å². The summed E-state index contributed by atoms with van der Waals surface area (Å²) in [6, 6.07) is 19.5. The molecule has 0 radical (unpaired) electrons. The number of carbonyl (C=O) groups is 3. The van der Waals surface area contributed by atoms with Gasteiger partial charge in [-0.25, -0.2) is 9.69 Å². The van der Waals surface area contributed by atoms with E-state index in [9.17, 15) is 14.4 Å². The zero-order valence-electron chi connectivity index (χ0n) is 21.7. The summed E-state index contributed by atoms with van der Waals surface area (Å²) in [6.45, 7) is 2.74. The number of anilines is 2. The molecule has 1 unspecified atom stereocenters. The minimum absolute atomic E-state index is 0.107. The van der Waals surface area contributed by atoms with Crippen LogP contribution >= 0.6 is 0 Å². The molecule has 3 aromatic rings. The molecule has 1 saturated heterocycles. The van der Waals surface area contributed by atoms with Gasteiger partial charge in [-0.1, -0.05) is 31.2 Å². The molecule has 1 N–H and O–H groups in total. The van der Waals surface area contributed by atoms with Gasteiger partial charge < -0.3 is 24.4 Å². The summed E-state index contributed by atoms with van der Waals surface area (Å²) in [5.74, 6) is 0.920. The number of carbonyl (C=O) groups excluding carboxylic acids is 3. The first kappa shape index (κ1) is 26.5. The molecule has 3 aromatic carbocycles. The van der Waals surface area contributed by atoms with Crippen molar-refractivity contribution in [1.29, 1.82) is 0 Å². The fourth-order valence-electron chi connectivity index (χ4n) is 4.25. The number of benzene rings is 3. The van der Waals surface area contributed by atoms with E-state index in [-0.39, 0.29) is 18.9 Å². The Labute approximate surface area is 221 Å². The zero-order valence-corrected chi connectivity index (χ0v) is 21.7. The molecule has 9 heteroatoms. The van der Waals surface area contributed by atoms with Gasteiger partial charge in [-0.15, -0.1) is 0 Å². The van der Waals surface area contributed by atoms with Crippen molar-refractivity contribution in [3.8, 4) is 17.2 Å². The Bertz CT molecular complexity index is 1280. The summed E-state index contributed by atoms with van der Waals surface area (Å²) in [6.07, 6.45) is 0.696. The van der Waals surface area contributed by atoms with Crippen LogP contribution in [0.1, 0.15) is 25.3 Å². The fraction of sp³-hybridized carbons (Fsp3) is 0.276. The third-order valence-electron chi connectivity index (χ3n) is 6.12. The molecule has 4 amide bonds. The van der Waals surface area contributed by atoms with E-state index >= 15 is 0 Å². The first-order chi connectivity index (χ1) is 18.4. The summed E-state index contributed by atoms with van der Waals surface area (Å²) in [4.78, 5) is 42.6. The summed E-state index contributed by atoms with van der Waals surface area (Å²) in [5.41, 5.74) is 1.75. The largest absolute Gasteiger partial charge is 0.494 e. The van der Waals surface area contributed by atoms with E-state index in [1.807, 2.05) is 6.92 Å². The number of imide groups is 1. The number of nitrogens with zero attached hydrogens (tertiary/aromatic N) is 2. The molecule has 1 heterocycles. The number of ether oxygens (including phenoxy) is 3. The van der Waals surface area contributed by atoms with Crippen LogP contribution in [0.3, 0.4) is 0 Å². The number of rotatable bonds is 11. The lowest BCUT2D eigenvalue weighted by molar-refractivity contribution is -0.124. The SMILES string of the molecule is CCCOc1ccc(NC(=O)CC2C(=O)N(c3ccccc3)C(=O)N2Cc2ccc(OC)c(OC)c2)cc1. The lowest BCUT2D eigenvalue weighted by atomic mass is 10.1. The molecule has 0 bridgehead atoms. The predicted octanol–water partition coefficient (Wildman–Crippen LogP) is 4.86. The van der Waals surface area contributed by atoms with Crippen LogP contribution in [0, 0.1) is 0 Å². The van der Waals surface area contributed by atoms with Gasteiger partial charge in [0.15, 0.2) is 11.5 Å². The Balaban J connectivity index is 1.55. The van der Waals surface area contributed by atoms with Crippen molar-refractivity contribution in [3.63, 3.8) is 0 Å². The second-order valence-electron chi connectivity index (χ2n) is 8.75. The van der Waals surface area contributed by atoms with E-state index in [0.29, 0.717) is 35.2 Å². The van der Waals surface area contributed by atoms with Crippen molar-refractivity contribution in [2.45, 2.75) is 32.4 Å². The molecular formula is C29H31N3O6. The van der Waals surface area contributed by atoms with Gasteiger partial charge in [0.25, 0.3) is 5.91 Å². The summed E-state index contributed by atoms with van der Waals surface area (Å²) in [5, 5.41) is 2.82. The van der Waals surface area contributed by atoms with Gasteiger partial charge in [0.1, 0.15) is 11.8 Å². The smallest absolute Gasteiger partial charge is 0.332 e. The van der Waals surface area contributed by atoms with E-state index in [4.69, 9.17) is 14.2 Å². The van der Waals surface area contributed by atoms with Crippen LogP contribution in [0.15, 0.2) is 72.8 Å². The molecule has 38 heavy (non-hydrogen) atoms. The van der Waals surface area contributed by atoms with Crippen LogP contribution in [-0.2, 0) is 16.1 Å². The van der Waals surface area contributed by atoms with Gasteiger partial charge in [0.2, 0.25) is 5.91 Å². The minimum atomic E-state index is -0.983. The van der Waals surface area contributed by atoms with Gasteiger partial charge >= 0.3 is 6.03 Å². The standard InChI is InChI=1S/C29H31N3O6/c1-4-16-38-23-13-11-21(12-14-23)30-27(33)18-24-28(34)32(22-8-6-5-7-9-22)29(35)31(24)19-20-10-15-25(36-2)26(17-20)37-3/h5-15,17,24H,4,16,18-19H2,1-3H3,(H,30,33). The highest BCUT2D eigenvalue weighted by Gasteiger charge is 2.46. The molecule has 1 fully saturated rings. The van der Waals surface area contributed by atoms with Crippen molar-refractivity contribution in [1.82, 2.24) is 4.90 Å². The Hall–Kier alpha value is -4.53. The molecule has 1 aliphatic rings. The Morgan fingerprint density at radius 1 is 0.921 bits per heavy atom. The summed E-state index contributed by atoms with van der Waals surface area (Å²) >= 11 is 0. The quantitative estimate of drug-likeness (QED) is 0.365. The highest BCUT2D eigenvalue weighted by atomic mass is 16.5. The zero-order chi connectivity index (χ0) is 27.1. The second kappa shape index (κ2) is 12.1. The van der Waals surface area contributed by atoms with Crippen LogP contribution in [0.4, 0.5) is 16.2 Å². The van der Waals surface area contributed by atoms with Gasteiger partial charge in [0, 0.05) is 12.2 Å². The lowest BCUT2D eigenvalue weighted by Crippen LogP contribution is -2.37. The summed E-state index contributed by atoms with van der Waals surface area (Å²) < 4.78 is 16.3. The van der Waals surface area contributed by atoms with Gasteiger partial charge in [0.05, 0.1) is 32.9 Å². The van der Waals surface area contributed by atoms with Crippen LogP contribution in [0.2, 0.25) is 0 Å². The van der Waals surface area contributed by atoms with Crippen molar-refractivity contribution >= 4 is 29.2 Å². The van der Waals surface area contributed by atoms with Crippen molar-refractivity contribution in [2.24, 2.45) is 0 Å². The highest BCUT2D eigenvalue weighted by molar-refractivity contribution is 6.22. The molecule has 1 atom stereocenters. The first-order valence-electron chi connectivity index (χ1n) is 12.4. The summed E-state index contributed by atoms with van der Waals surface area (Å²) in [7, 11) is 3.07. The van der Waals surface area contributed by atoms with Gasteiger partial charge in [-0.2, -0.15) is 0 Å². The Morgan fingerprint density at radius 3 is 2.29 bits per heavy atom. The van der Waals surface area contributed by atoms with Gasteiger partial charge in [-0.3, -0.25) is 9.59 Å². The third kappa shape index (κ3) is 5.88. The average Bonchev–Trinajstić information content (AvgIpc) is 3.16. The fourth-order valence-corrected chi connectivity index (χ4v) is 4.25. The number of nitrogens with one attached hydrogen (secondary N) is 1. The maximum Gasteiger partial charge on any atom is 0.332 e. The van der Waals surface area contributed by atoms with Crippen LogP contribution in [0.5, 0.6) is 17.2 Å². The number of amides is 4. The topological polar surface area (TPSA) is 97.4 Å². The second-order valence-corrected chi connectivity index (χ2v) is 8.75. The molecule has 9 nitrogen and oxygen atoms in total. The van der Waals surface area contributed by atoms with Gasteiger partial charge in [-0.05, 0) is 60.5 Å². The van der Waals surface area contributed by atoms with E-state index in [0.717, 1.165) is 16.9 Å². The number of urea groups is 1. The van der Waals surface area contributed by atoms with Crippen LogP contribution < -0.4 is 24.4 Å². The van der Waals surface area contributed by atoms with Crippen LogP contribution in [0.25, 0.3) is 0 Å². The van der Waals surface area contributed by atoms with E-state index in [2.05, 4.69) is 5.32 Å². The Kier molecular flexibility index (Phi) is 8.47.